The average molecular weight is 324 g/mol. The van der Waals surface area contributed by atoms with Crippen molar-refractivity contribution in [2.75, 3.05) is 0 Å². The molecule has 0 heterocycles. The van der Waals surface area contributed by atoms with Crippen LogP contribution in [0.3, 0.4) is 0 Å². The van der Waals surface area contributed by atoms with Gasteiger partial charge in [-0.05, 0) is 0 Å². The molecule has 0 bridgehead atoms. The Hall–Kier alpha value is -1.33. The first kappa shape index (κ1) is 3.67. The van der Waals surface area contributed by atoms with Gasteiger partial charge in [0.1, 0.15) is 0 Å². The van der Waals surface area contributed by atoms with Crippen LogP contribution in [0.1, 0.15) is 13.3 Å². The van der Waals surface area contributed by atoms with Gasteiger partial charge in [0, 0.05) is 0 Å². The Bertz CT molecular complexity index is 42.2. The zero-order valence-electron chi connectivity index (χ0n) is 3.32. The second-order valence-corrected chi connectivity index (χ2v) is 4.46. The molecule has 0 N–H and O–H groups in total. The topological polar surface area (TPSA) is 17.1 Å². The normalized spacial score (nSPS) is 7.80. The van der Waals surface area contributed by atoms with E-state index < -0.39 is 0 Å². The summed E-state index contributed by atoms with van der Waals surface area (Å²) in [5.74, 6) is 0. The molecule has 1 nitrogen and oxygen atoms in total. The first-order chi connectivity index (χ1) is 2.27. The van der Waals surface area contributed by atoms with Crippen LogP contribution in [0, 0.1) is 0 Å². The van der Waals surface area contributed by atoms with E-state index in [9.17, 15) is 4.79 Å². The summed E-state index contributed by atoms with van der Waals surface area (Å²) < 4.78 is 0.299. The molecule has 25 valence electrons. The Morgan fingerprint density at radius 3 is 2.20 bits per heavy atom. The van der Waals surface area contributed by atoms with Gasteiger partial charge in [0.2, 0.25) is 0 Å². The van der Waals surface area contributed by atoms with E-state index in [1.54, 1.807) is 0 Å². The van der Waals surface area contributed by atoms with E-state index in [4.69, 9.17) is 0 Å². The van der Waals surface area contributed by atoms with Gasteiger partial charge in [0.25, 0.3) is 0 Å². The molecule has 0 fully saturated rings. The average Bonchev–Trinajstić information content (AvgIpc) is 1.38. The molecule has 0 saturated carbocycles. The van der Waals surface area contributed by atoms with Gasteiger partial charge in [0.15, 0.2) is 0 Å². The zero-order valence-corrected chi connectivity index (χ0v) is 9.72. The van der Waals surface area contributed by atoms with Gasteiger partial charge >= 0.3 is 24.4 Å². The summed E-state index contributed by atoms with van der Waals surface area (Å²) in [6.07, 6.45) is 1.22. The molecule has 0 aromatic carbocycles. The van der Waals surface area contributed by atoms with Crippen molar-refractivity contribution in [1.82, 2.24) is 0 Å². The molecule has 0 spiro atoms. The first-order valence-electron chi connectivity index (χ1n) is 1.62. The molecule has 0 atom stereocenters. The quantitative estimate of drug-likeness (QED) is 0.686. The Labute approximate surface area is 25.6 Å². The molecule has 0 aromatic heterocycles. The van der Waals surface area contributed by atoms with Crippen LogP contribution in [0.5, 0.6) is 0 Å². The molecular formula is C3H5ORf. The van der Waals surface area contributed by atoms with E-state index in [0.717, 1.165) is 6.42 Å². The fourth-order valence-electron chi connectivity index (χ4n) is 0. The SMILES string of the molecule is CC[C](=O)[Rf]. The van der Waals surface area contributed by atoms with Crippen molar-refractivity contribution in [2.45, 2.75) is 13.3 Å². The number of carbonyl (C=O) groups is 1. The van der Waals surface area contributed by atoms with Crippen LogP contribution in [0.4, 0.5) is 0 Å². The number of carbonyl (C=O) groups excluding carboxylic acids is 1. The van der Waals surface area contributed by atoms with Gasteiger partial charge in [-0.15, -0.1) is 0 Å². The maximum absolute atomic E-state index is 9.91. The molecule has 0 rings (SSSR count). The summed E-state index contributed by atoms with van der Waals surface area (Å²) in [5.41, 5.74) is 0. The molecule has 2 heteroatoms. The number of rotatable bonds is 1. The van der Waals surface area contributed by atoms with Gasteiger partial charge in [-0.25, -0.2) is 0 Å². The molecule has 0 saturated heterocycles. The van der Waals surface area contributed by atoms with Crippen molar-refractivity contribution in [3.8, 4) is 0 Å². The van der Waals surface area contributed by atoms with Crippen LogP contribution in [-0.4, -0.2) is 6.29 Å². The van der Waals surface area contributed by atoms with Crippen molar-refractivity contribution in [2.24, 2.45) is 0 Å². The standard InChI is InChI=1S/C3H5O.Rf/c1-2-3-4;/h2H2,1H3;. The monoisotopic (exact) mass is 324 g/mol. The molecule has 0 aliphatic rings. The fourth-order valence-corrected chi connectivity index (χ4v) is 0. The summed E-state index contributed by atoms with van der Waals surface area (Å²) in [6.45, 7) is 1.90. The van der Waals surface area contributed by atoms with Crippen LogP contribution in [0.15, 0.2) is 0 Å². The molecule has 0 aliphatic carbocycles. The van der Waals surface area contributed by atoms with E-state index in [2.05, 4.69) is 0 Å². The zero-order chi connectivity index (χ0) is 4.28. The number of hydrogen-bond acceptors (Lipinski definition) is 1. The summed E-state index contributed by atoms with van der Waals surface area (Å²) in [5, 5.41) is 0. The van der Waals surface area contributed by atoms with Crippen LogP contribution in [0.2, 0.25) is 0 Å². The van der Waals surface area contributed by atoms with Crippen molar-refractivity contribution < 1.29 is 4.79 Å². The number of hydrogen-bond donors (Lipinski definition) is 0. The van der Waals surface area contributed by atoms with Crippen LogP contribution < -0.4 is 0 Å². The molecule has 5 heavy (non-hydrogen) atoms. The minimum atomic E-state index is 0.299. The second kappa shape index (κ2) is 1.04. The van der Waals surface area contributed by atoms with Crippen LogP contribution >= 0.6 is 0 Å². The Kier molecular flexibility index (Phi) is 0.767. The summed E-state index contributed by atoms with van der Waals surface area (Å²) in [4.78, 5) is 9.91. The van der Waals surface area contributed by atoms with Gasteiger partial charge < -0.3 is 0 Å². The van der Waals surface area contributed by atoms with Crippen molar-refractivity contribution in [1.29, 1.82) is 0 Å². The predicted octanol–water partition coefficient (Wildman–Crippen LogP) is 0.472. The Morgan fingerprint density at radius 1 is 2.00 bits per heavy atom. The molecule has 0 amide bonds. The molecule has 0 radical (unpaired) electrons. The van der Waals surface area contributed by atoms with Crippen molar-refractivity contribution in [3.63, 3.8) is 0 Å². The second-order valence-electron chi connectivity index (χ2n) is 0.892. The maximum atomic E-state index is 9.91. The van der Waals surface area contributed by atoms with Crippen molar-refractivity contribution >= 4 is 6.29 Å². The van der Waals surface area contributed by atoms with Crippen LogP contribution in [-0.2, 0) is 4.79 Å². The van der Waals surface area contributed by atoms with Gasteiger partial charge in [-0.3, -0.25) is 0 Å². The Morgan fingerprint density at radius 2 is 2.20 bits per heavy atom. The minimum absolute atomic E-state index is 0.299. The third kappa shape index (κ3) is 2.67. The van der Waals surface area contributed by atoms with E-state index in [-0.39, 0.29) is 0 Å². The summed E-state index contributed by atoms with van der Waals surface area (Å²) in [7, 11) is 0. The predicted molar refractivity (Wildman–Crippen MR) is 15.3 cm³/mol. The van der Waals surface area contributed by atoms with Gasteiger partial charge in [-0.1, -0.05) is 0 Å². The third-order valence-corrected chi connectivity index (χ3v) is 2.66. The van der Waals surface area contributed by atoms with E-state index >= 15 is 0 Å². The van der Waals surface area contributed by atoms with Crippen molar-refractivity contribution in [3.05, 3.63) is 0 Å². The fraction of sp³-hybridized carbons (Fsp3) is 0.667. The summed E-state index contributed by atoms with van der Waals surface area (Å²) >= 11 is 0. The molecule has 0 unspecified atom stereocenters. The van der Waals surface area contributed by atoms with E-state index in [1.165, 1.54) is 0 Å². The van der Waals surface area contributed by atoms with E-state index in [0.29, 0.717) is 6.29 Å². The Balaban J connectivity index is 2.85. The molecular weight excluding hydrogens is 319 g/mol. The van der Waals surface area contributed by atoms with Gasteiger partial charge in [0.05, 0.1) is 0 Å². The molecule has 0 aromatic rings. The molecule has 0 aliphatic heterocycles. The summed E-state index contributed by atoms with van der Waals surface area (Å²) in [6, 6.07) is 0. The van der Waals surface area contributed by atoms with Gasteiger partial charge in [-0.2, -0.15) is 0 Å². The first-order valence-corrected chi connectivity index (χ1v) is 4.82. The third-order valence-electron chi connectivity index (χ3n) is 0.394. The van der Waals surface area contributed by atoms with Crippen LogP contribution in [0.25, 0.3) is 0 Å². The van der Waals surface area contributed by atoms with E-state index in [1.807, 2.05) is 6.92 Å².